The van der Waals surface area contributed by atoms with Crippen LogP contribution in [0.25, 0.3) is 0 Å². The third-order valence-electron chi connectivity index (χ3n) is 4.38. The number of fused-ring (bicyclic) bond motifs is 1. The number of Topliss-reactive ketones (excluding diaryl/α,β-unsaturated/α-hetero) is 1. The normalized spacial score (nSPS) is 14.3. The van der Waals surface area contributed by atoms with E-state index in [1.165, 1.54) is 56.6 Å². The summed E-state index contributed by atoms with van der Waals surface area (Å²) in [5, 5.41) is 10.2. The molecule has 0 heterocycles. The number of methoxy groups -OCH3 is 1. The van der Waals surface area contributed by atoms with Crippen LogP contribution in [0.3, 0.4) is 0 Å². The van der Waals surface area contributed by atoms with Crippen molar-refractivity contribution in [3.63, 3.8) is 0 Å². The number of aryl methyl sites for hydroxylation is 1. The van der Waals surface area contributed by atoms with Crippen LogP contribution in [-0.2, 0) is 6.42 Å². The van der Waals surface area contributed by atoms with Gasteiger partial charge in [0.25, 0.3) is 0 Å². The molecular weight excluding hydrogens is 348 g/mol. The SMILES string of the molecule is CC.CC[C@H]1CCc2cc(Cl)ccc21.COc1ccc(C(C)=O)c(O)c1. The molecule has 3 nitrogen and oxygen atoms in total. The molecule has 0 fully saturated rings. The summed E-state index contributed by atoms with van der Waals surface area (Å²) in [6.45, 7) is 7.66. The quantitative estimate of drug-likeness (QED) is 0.629. The molecule has 0 unspecified atom stereocenters. The van der Waals surface area contributed by atoms with Crippen LogP contribution in [0.5, 0.6) is 11.5 Å². The van der Waals surface area contributed by atoms with Gasteiger partial charge in [-0.05, 0) is 67.5 Å². The molecular formula is C22H29ClO3. The molecule has 0 radical (unpaired) electrons. The van der Waals surface area contributed by atoms with E-state index in [-0.39, 0.29) is 11.5 Å². The summed E-state index contributed by atoms with van der Waals surface area (Å²) in [4.78, 5) is 10.9. The van der Waals surface area contributed by atoms with Crippen LogP contribution in [0.1, 0.15) is 67.9 Å². The molecule has 4 heteroatoms. The van der Waals surface area contributed by atoms with Crippen molar-refractivity contribution in [2.75, 3.05) is 7.11 Å². The van der Waals surface area contributed by atoms with Gasteiger partial charge in [0.05, 0.1) is 12.7 Å². The number of benzene rings is 2. The number of phenols is 1. The maximum absolute atomic E-state index is 10.9. The van der Waals surface area contributed by atoms with E-state index in [4.69, 9.17) is 16.3 Å². The summed E-state index contributed by atoms with van der Waals surface area (Å²) >= 11 is 5.91. The summed E-state index contributed by atoms with van der Waals surface area (Å²) in [5.41, 5.74) is 3.31. The molecule has 3 rings (SSSR count). The predicted octanol–water partition coefficient (Wildman–Crippen LogP) is 6.41. The van der Waals surface area contributed by atoms with E-state index in [1.807, 2.05) is 19.9 Å². The molecule has 1 N–H and O–H groups in total. The first-order valence-corrected chi connectivity index (χ1v) is 9.50. The van der Waals surface area contributed by atoms with Crippen molar-refractivity contribution < 1.29 is 14.6 Å². The van der Waals surface area contributed by atoms with Gasteiger partial charge in [-0.25, -0.2) is 0 Å². The Labute approximate surface area is 162 Å². The van der Waals surface area contributed by atoms with Crippen molar-refractivity contribution in [2.45, 2.75) is 52.9 Å². The van der Waals surface area contributed by atoms with Crippen molar-refractivity contribution >= 4 is 17.4 Å². The average Bonchev–Trinajstić information content (AvgIpc) is 3.05. The Morgan fingerprint density at radius 2 is 1.92 bits per heavy atom. The highest BCUT2D eigenvalue weighted by Gasteiger charge is 2.20. The van der Waals surface area contributed by atoms with Crippen LogP contribution in [0.15, 0.2) is 36.4 Å². The molecule has 0 saturated heterocycles. The average molecular weight is 377 g/mol. The van der Waals surface area contributed by atoms with Gasteiger partial charge in [0.2, 0.25) is 0 Å². The molecule has 0 aliphatic heterocycles. The number of hydrogen-bond acceptors (Lipinski definition) is 3. The molecule has 1 atom stereocenters. The monoisotopic (exact) mass is 376 g/mol. The van der Waals surface area contributed by atoms with Gasteiger partial charge in [-0.2, -0.15) is 0 Å². The zero-order valence-electron chi connectivity index (χ0n) is 16.3. The molecule has 0 spiro atoms. The Morgan fingerprint density at radius 1 is 1.23 bits per heavy atom. The molecule has 2 aromatic rings. The van der Waals surface area contributed by atoms with E-state index < -0.39 is 0 Å². The Hall–Kier alpha value is -2.00. The fourth-order valence-corrected chi connectivity index (χ4v) is 3.23. The summed E-state index contributed by atoms with van der Waals surface area (Å²) in [6, 6.07) is 10.9. The third kappa shape index (κ3) is 5.77. The number of aromatic hydroxyl groups is 1. The topological polar surface area (TPSA) is 46.5 Å². The van der Waals surface area contributed by atoms with E-state index >= 15 is 0 Å². The lowest BCUT2D eigenvalue weighted by Gasteiger charge is -2.07. The fourth-order valence-electron chi connectivity index (χ4n) is 3.03. The number of ether oxygens (including phenoxy) is 1. The second-order valence-electron chi connectivity index (χ2n) is 5.93. The molecule has 1 aliphatic rings. The standard InChI is InChI=1S/C11H13Cl.C9H10O3.C2H6/c1-2-8-3-4-9-7-10(12)5-6-11(8)9;1-6(10)8-4-3-7(12-2)5-9(8)11;1-2/h5-8H,2-4H2,1H3;3-5,11H,1-2H3;1-2H3/t8-;;/m0../s1. The second-order valence-corrected chi connectivity index (χ2v) is 6.36. The minimum absolute atomic E-state index is 0.0400. The van der Waals surface area contributed by atoms with Crippen molar-refractivity contribution in [3.05, 3.63) is 58.1 Å². The van der Waals surface area contributed by atoms with Crippen molar-refractivity contribution in [1.82, 2.24) is 0 Å². The number of hydrogen-bond donors (Lipinski definition) is 1. The summed E-state index contributed by atoms with van der Waals surface area (Å²) in [6.07, 6.45) is 3.79. The van der Waals surface area contributed by atoms with Gasteiger partial charge in [0.1, 0.15) is 11.5 Å². The number of phenolic OH excluding ortho intramolecular Hbond substituents is 1. The van der Waals surface area contributed by atoms with Gasteiger partial charge in [0.15, 0.2) is 5.78 Å². The van der Waals surface area contributed by atoms with Crippen LogP contribution in [0.4, 0.5) is 0 Å². The van der Waals surface area contributed by atoms with Gasteiger partial charge in [-0.15, -0.1) is 0 Å². The van der Waals surface area contributed by atoms with E-state index in [0.29, 0.717) is 11.3 Å². The van der Waals surface area contributed by atoms with Crippen molar-refractivity contribution in [2.24, 2.45) is 0 Å². The van der Waals surface area contributed by atoms with Crippen LogP contribution in [0, 0.1) is 0 Å². The van der Waals surface area contributed by atoms with Gasteiger partial charge >= 0.3 is 0 Å². The summed E-state index contributed by atoms with van der Waals surface area (Å²) < 4.78 is 4.86. The van der Waals surface area contributed by atoms with E-state index in [0.717, 1.165) is 10.9 Å². The van der Waals surface area contributed by atoms with Gasteiger partial charge in [0, 0.05) is 11.1 Å². The molecule has 0 amide bonds. The predicted molar refractivity (Wildman–Crippen MR) is 109 cm³/mol. The third-order valence-corrected chi connectivity index (χ3v) is 4.62. The molecule has 142 valence electrons. The lowest BCUT2D eigenvalue weighted by molar-refractivity contribution is 0.101. The van der Waals surface area contributed by atoms with Crippen molar-refractivity contribution in [3.8, 4) is 11.5 Å². The number of carbonyl (C=O) groups excluding carboxylic acids is 1. The van der Waals surface area contributed by atoms with Gasteiger partial charge < -0.3 is 9.84 Å². The number of ketones is 1. The smallest absolute Gasteiger partial charge is 0.163 e. The van der Waals surface area contributed by atoms with Crippen LogP contribution in [-0.4, -0.2) is 18.0 Å². The lowest BCUT2D eigenvalue weighted by atomic mass is 9.99. The first-order chi connectivity index (χ1) is 12.5. The zero-order chi connectivity index (χ0) is 19.7. The second kappa shape index (κ2) is 10.9. The number of carbonyl (C=O) groups is 1. The zero-order valence-corrected chi connectivity index (χ0v) is 17.1. The van der Waals surface area contributed by atoms with E-state index in [9.17, 15) is 9.90 Å². The molecule has 0 bridgehead atoms. The van der Waals surface area contributed by atoms with Gasteiger partial charge in [-0.1, -0.05) is 38.4 Å². The molecule has 0 aromatic heterocycles. The fraction of sp³-hybridized carbons (Fsp3) is 0.409. The van der Waals surface area contributed by atoms with Gasteiger partial charge in [-0.3, -0.25) is 4.79 Å². The van der Waals surface area contributed by atoms with Crippen LogP contribution < -0.4 is 4.74 Å². The first-order valence-electron chi connectivity index (χ1n) is 9.12. The Kier molecular flexibility index (Phi) is 9.22. The highest BCUT2D eigenvalue weighted by atomic mass is 35.5. The Balaban J connectivity index is 0.000000238. The molecule has 1 aliphatic carbocycles. The number of halogens is 1. The van der Waals surface area contributed by atoms with Crippen LogP contribution >= 0.6 is 11.6 Å². The van der Waals surface area contributed by atoms with E-state index in [2.05, 4.69) is 19.1 Å². The maximum Gasteiger partial charge on any atom is 0.163 e. The Bertz CT molecular complexity index is 725. The molecule has 26 heavy (non-hydrogen) atoms. The number of rotatable bonds is 3. The highest BCUT2D eigenvalue weighted by molar-refractivity contribution is 6.30. The largest absolute Gasteiger partial charge is 0.507 e. The minimum Gasteiger partial charge on any atom is -0.507 e. The first kappa shape index (κ1) is 22.0. The molecule has 2 aromatic carbocycles. The minimum atomic E-state index is -0.157. The van der Waals surface area contributed by atoms with Crippen molar-refractivity contribution in [1.29, 1.82) is 0 Å². The lowest BCUT2D eigenvalue weighted by Crippen LogP contribution is -1.92. The highest BCUT2D eigenvalue weighted by Crippen LogP contribution is 2.36. The Morgan fingerprint density at radius 3 is 2.46 bits per heavy atom. The summed E-state index contributed by atoms with van der Waals surface area (Å²) in [7, 11) is 1.50. The molecule has 0 saturated carbocycles. The van der Waals surface area contributed by atoms with E-state index in [1.54, 1.807) is 6.07 Å². The maximum atomic E-state index is 10.9. The summed E-state index contributed by atoms with van der Waals surface area (Å²) in [5.74, 6) is 1.13. The van der Waals surface area contributed by atoms with Crippen LogP contribution in [0.2, 0.25) is 5.02 Å².